The van der Waals surface area contributed by atoms with Crippen molar-refractivity contribution >= 4 is 39.8 Å². The fourth-order valence-corrected chi connectivity index (χ4v) is 2.60. The summed E-state index contributed by atoms with van der Waals surface area (Å²) < 4.78 is 5.60. The first-order chi connectivity index (χ1) is 12.9. The van der Waals surface area contributed by atoms with E-state index in [0.717, 1.165) is 6.54 Å². The minimum atomic E-state index is -0.120. The van der Waals surface area contributed by atoms with Crippen LogP contribution < -0.4 is 10.1 Å². The highest BCUT2D eigenvalue weighted by atomic mass is 35.5. The SMILES string of the molecule is CC(=O)c1cnc2ccc(Cl)nc2c1Nc1ccc(OCCN(C)C)nc1. The van der Waals surface area contributed by atoms with E-state index in [9.17, 15) is 4.79 Å². The number of rotatable bonds is 7. The van der Waals surface area contributed by atoms with Gasteiger partial charge in [0.25, 0.3) is 0 Å². The Labute approximate surface area is 162 Å². The Kier molecular flexibility index (Phi) is 5.83. The van der Waals surface area contributed by atoms with Crippen LogP contribution in [0, 0.1) is 0 Å². The van der Waals surface area contributed by atoms with E-state index in [0.29, 0.717) is 45.6 Å². The fourth-order valence-electron chi connectivity index (χ4n) is 2.45. The molecule has 3 heterocycles. The van der Waals surface area contributed by atoms with Crippen LogP contribution in [0.15, 0.2) is 36.7 Å². The van der Waals surface area contributed by atoms with E-state index in [1.54, 1.807) is 24.4 Å². The lowest BCUT2D eigenvalue weighted by molar-refractivity contribution is 0.101. The molecule has 1 N–H and O–H groups in total. The first kappa shape index (κ1) is 19.0. The van der Waals surface area contributed by atoms with E-state index < -0.39 is 0 Å². The number of nitrogens with one attached hydrogen (secondary N) is 1. The molecule has 0 fully saturated rings. The molecule has 3 aromatic heterocycles. The summed E-state index contributed by atoms with van der Waals surface area (Å²) in [6.45, 7) is 2.84. The first-order valence-electron chi connectivity index (χ1n) is 8.41. The molecule has 0 saturated carbocycles. The number of hydrogen-bond donors (Lipinski definition) is 1. The Morgan fingerprint density at radius 2 is 2.00 bits per heavy atom. The second-order valence-corrected chi connectivity index (χ2v) is 6.65. The number of ketones is 1. The number of fused-ring (bicyclic) bond motifs is 1. The summed E-state index contributed by atoms with van der Waals surface area (Å²) in [6, 6.07) is 7.03. The Balaban J connectivity index is 1.88. The largest absolute Gasteiger partial charge is 0.476 e. The highest BCUT2D eigenvalue weighted by Crippen LogP contribution is 2.29. The number of hydrogen-bond acceptors (Lipinski definition) is 7. The molecule has 0 aromatic carbocycles. The van der Waals surface area contributed by atoms with Gasteiger partial charge in [-0.3, -0.25) is 9.78 Å². The molecule has 3 rings (SSSR count). The van der Waals surface area contributed by atoms with Crippen molar-refractivity contribution < 1.29 is 9.53 Å². The van der Waals surface area contributed by atoms with Gasteiger partial charge in [0.05, 0.1) is 28.7 Å². The van der Waals surface area contributed by atoms with Crippen molar-refractivity contribution in [1.29, 1.82) is 0 Å². The molecule has 0 aliphatic rings. The van der Waals surface area contributed by atoms with Gasteiger partial charge in [0, 0.05) is 18.8 Å². The summed E-state index contributed by atoms with van der Waals surface area (Å²) in [5, 5.41) is 3.55. The summed E-state index contributed by atoms with van der Waals surface area (Å²) in [6.07, 6.45) is 3.18. The molecule has 7 nitrogen and oxygen atoms in total. The molecule has 0 aliphatic heterocycles. The number of pyridine rings is 3. The van der Waals surface area contributed by atoms with E-state index in [2.05, 4.69) is 20.3 Å². The van der Waals surface area contributed by atoms with Gasteiger partial charge in [-0.25, -0.2) is 9.97 Å². The summed E-state index contributed by atoms with van der Waals surface area (Å²) >= 11 is 6.03. The molecule has 140 valence electrons. The molecular weight excluding hydrogens is 366 g/mol. The van der Waals surface area contributed by atoms with Crippen molar-refractivity contribution in [3.8, 4) is 5.88 Å². The van der Waals surface area contributed by atoms with E-state index in [1.807, 2.05) is 25.1 Å². The second kappa shape index (κ2) is 8.28. The Morgan fingerprint density at radius 1 is 1.19 bits per heavy atom. The van der Waals surface area contributed by atoms with E-state index in [4.69, 9.17) is 16.3 Å². The average Bonchev–Trinajstić information content (AvgIpc) is 2.63. The summed E-state index contributed by atoms with van der Waals surface area (Å²) in [5.74, 6) is 0.417. The number of nitrogens with zero attached hydrogens (tertiary/aromatic N) is 4. The number of likely N-dealkylation sites (N-methyl/N-ethyl adjacent to an activating group) is 1. The Morgan fingerprint density at radius 3 is 2.67 bits per heavy atom. The average molecular weight is 386 g/mol. The van der Waals surface area contributed by atoms with Crippen molar-refractivity contribution in [2.75, 3.05) is 32.6 Å². The third-order valence-corrected chi connectivity index (χ3v) is 4.06. The molecule has 0 amide bonds. The zero-order valence-corrected chi connectivity index (χ0v) is 16.1. The van der Waals surface area contributed by atoms with Gasteiger partial charge in [0.15, 0.2) is 5.78 Å². The van der Waals surface area contributed by atoms with Crippen molar-refractivity contribution in [2.24, 2.45) is 0 Å². The van der Waals surface area contributed by atoms with Crippen LogP contribution in [0.4, 0.5) is 11.4 Å². The lowest BCUT2D eigenvalue weighted by Gasteiger charge is -2.13. The molecule has 3 aromatic rings. The van der Waals surface area contributed by atoms with Crippen LogP contribution in [-0.4, -0.2) is 52.9 Å². The number of Topliss-reactive ketones (excluding diaryl/α,β-unsaturated/α-hetero) is 1. The van der Waals surface area contributed by atoms with Crippen molar-refractivity contribution in [3.63, 3.8) is 0 Å². The van der Waals surface area contributed by atoms with Crippen molar-refractivity contribution in [1.82, 2.24) is 19.9 Å². The topological polar surface area (TPSA) is 80.2 Å². The standard InChI is InChI=1S/C19H20ClN5O2/c1-12(26)14-11-21-15-5-6-16(20)24-19(15)18(14)23-13-4-7-17(22-10-13)27-9-8-25(2)3/h4-7,10-11H,8-9H2,1-3H3,(H,21,23). The summed E-state index contributed by atoms with van der Waals surface area (Å²) in [4.78, 5) is 27.0. The third-order valence-electron chi connectivity index (χ3n) is 3.85. The molecule has 27 heavy (non-hydrogen) atoms. The van der Waals surface area contributed by atoms with Crippen molar-refractivity contribution in [3.05, 3.63) is 47.4 Å². The number of ether oxygens (including phenoxy) is 1. The van der Waals surface area contributed by atoms with Crippen LogP contribution in [-0.2, 0) is 0 Å². The summed E-state index contributed by atoms with van der Waals surface area (Å²) in [7, 11) is 3.96. The van der Waals surface area contributed by atoms with Gasteiger partial charge in [-0.15, -0.1) is 0 Å². The quantitative estimate of drug-likeness (QED) is 0.492. The van der Waals surface area contributed by atoms with Crippen LogP contribution >= 0.6 is 11.6 Å². The molecule has 8 heteroatoms. The van der Waals surface area contributed by atoms with Gasteiger partial charge in [-0.05, 0) is 39.2 Å². The maximum absolute atomic E-state index is 12.0. The maximum Gasteiger partial charge on any atom is 0.213 e. The van der Waals surface area contributed by atoms with Gasteiger partial charge < -0.3 is 15.0 Å². The van der Waals surface area contributed by atoms with Gasteiger partial charge in [-0.1, -0.05) is 11.6 Å². The Bertz CT molecular complexity index is 960. The molecule has 0 radical (unpaired) electrons. The van der Waals surface area contributed by atoms with E-state index in [1.165, 1.54) is 13.1 Å². The van der Waals surface area contributed by atoms with Crippen LogP contribution in [0.5, 0.6) is 5.88 Å². The highest BCUT2D eigenvalue weighted by Gasteiger charge is 2.14. The van der Waals surface area contributed by atoms with Gasteiger partial charge in [0.2, 0.25) is 5.88 Å². The zero-order valence-electron chi connectivity index (χ0n) is 15.4. The van der Waals surface area contributed by atoms with Crippen LogP contribution in [0.25, 0.3) is 11.0 Å². The zero-order chi connectivity index (χ0) is 19.4. The molecular formula is C19H20ClN5O2. The molecule has 0 saturated heterocycles. The number of halogens is 1. The minimum Gasteiger partial charge on any atom is -0.476 e. The van der Waals surface area contributed by atoms with Crippen LogP contribution in [0.1, 0.15) is 17.3 Å². The predicted molar refractivity (Wildman–Crippen MR) is 106 cm³/mol. The molecule has 0 bridgehead atoms. The third kappa shape index (κ3) is 4.69. The number of anilines is 2. The van der Waals surface area contributed by atoms with Gasteiger partial charge >= 0.3 is 0 Å². The molecule has 0 unspecified atom stereocenters. The molecule has 0 spiro atoms. The van der Waals surface area contributed by atoms with Crippen molar-refractivity contribution in [2.45, 2.75) is 6.92 Å². The number of carbonyl (C=O) groups is 1. The van der Waals surface area contributed by atoms with E-state index in [-0.39, 0.29) is 5.78 Å². The van der Waals surface area contributed by atoms with E-state index >= 15 is 0 Å². The fraction of sp³-hybridized carbons (Fsp3) is 0.263. The first-order valence-corrected chi connectivity index (χ1v) is 8.78. The lowest BCUT2D eigenvalue weighted by Crippen LogP contribution is -2.19. The maximum atomic E-state index is 12.0. The Hall–Kier alpha value is -2.77. The van der Waals surface area contributed by atoms with Gasteiger partial charge in [0.1, 0.15) is 17.3 Å². The number of carbonyl (C=O) groups excluding carboxylic acids is 1. The smallest absolute Gasteiger partial charge is 0.213 e. The number of aromatic nitrogens is 3. The monoisotopic (exact) mass is 385 g/mol. The van der Waals surface area contributed by atoms with Gasteiger partial charge in [-0.2, -0.15) is 0 Å². The molecule has 0 atom stereocenters. The summed E-state index contributed by atoms with van der Waals surface area (Å²) in [5.41, 5.74) is 2.86. The van der Waals surface area contributed by atoms with Crippen LogP contribution in [0.2, 0.25) is 5.15 Å². The molecule has 0 aliphatic carbocycles. The normalized spacial score (nSPS) is 11.0. The predicted octanol–water partition coefficient (Wildman–Crippen LogP) is 3.56. The lowest BCUT2D eigenvalue weighted by atomic mass is 10.1. The minimum absolute atomic E-state index is 0.120. The highest BCUT2D eigenvalue weighted by molar-refractivity contribution is 6.30. The van der Waals surface area contributed by atoms with Crippen LogP contribution in [0.3, 0.4) is 0 Å². The second-order valence-electron chi connectivity index (χ2n) is 6.27.